The fourth-order valence-electron chi connectivity index (χ4n) is 2.53. The first-order chi connectivity index (χ1) is 6.85. The van der Waals surface area contributed by atoms with E-state index in [1.165, 1.54) is 57.9 Å². The van der Waals surface area contributed by atoms with Crippen molar-refractivity contribution in [2.45, 2.75) is 56.9 Å². The van der Waals surface area contributed by atoms with Gasteiger partial charge in [0.05, 0.1) is 0 Å². The molecule has 0 aliphatic heterocycles. The Hall–Kier alpha value is 0.250. The minimum atomic E-state index is 0.300. The van der Waals surface area contributed by atoms with E-state index in [-0.39, 0.29) is 0 Å². The number of hydrogen-bond acceptors (Lipinski definition) is 1. The molecule has 2 heteroatoms. The highest BCUT2D eigenvalue weighted by Crippen LogP contribution is 2.33. The molecular weight excluding hydrogens is 194 g/mol. The summed E-state index contributed by atoms with van der Waals surface area (Å²) in [5.74, 6) is 1.84. The van der Waals surface area contributed by atoms with Gasteiger partial charge in [0.1, 0.15) is 0 Å². The lowest BCUT2D eigenvalue weighted by Gasteiger charge is -2.36. The predicted molar refractivity (Wildman–Crippen MR) is 61.9 cm³/mol. The van der Waals surface area contributed by atoms with Crippen molar-refractivity contribution in [3.63, 3.8) is 0 Å². The van der Waals surface area contributed by atoms with Crippen LogP contribution >= 0.6 is 11.6 Å². The van der Waals surface area contributed by atoms with Gasteiger partial charge < -0.3 is 5.32 Å². The lowest BCUT2D eigenvalue weighted by atomic mass is 9.83. The predicted octanol–water partition coefficient (Wildman–Crippen LogP) is 3.32. The first-order valence-corrected chi connectivity index (χ1v) is 6.69. The Balaban J connectivity index is 1.71. The lowest BCUT2D eigenvalue weighted by molar-refractivity contribution is 0.256. The van der Waals surface area contributed by atoms with Crippen molar-refractivity contribution in [1.82, 2.24) is 5.32 Å². The first-order valence-electron chi connectivity index (χ1n) is 6.16. The minimum absolute atomic E-state index is 0.300. The summed E-state index contributed by atoms with van der Waals surface area (Å²) in [6, 6.07) is 0. The molecule has 2 aliphatic carbocycles. The van der Waals surface area contributed by atoms with Crippen molar-refractivity contribution >= 4 is 11.6 Å². The maximum absolute atomic E-state index is 6.11. The average Bonchev–Trinajstić information content (AvgIpc) is 3.03. The molecule has 0 radical (unpaired) electrons. The molecule has 0 spiro atoms. The van der Waals surface area contributed by atoms with Gasteiger partial charge in [0.2, 0.25) is 0 Å². The summed E-state index contributed by atoms with van der Waals surface area (Å²) in [4.78, 5) is 0. The zero-order valence-electron chi connectivity index (χ0n) is 9.03. The second kappa shape index (κ2) is 4.85. The summed E-state index contributed by atoms with van der Waals surface area (Å²) in [5.41, 5.74) is 0.300. The van der Waals surface area contributed by atoms with Gasteiger partial charge in [0.15, 0.2) is 0 Å². The van der Waals surface area contributed by atoms with Crippen LogP contribution in [-0.2, 0) is 0 Å². The molecule has 0 saturated heterocycles. The Labute approximate surface area is 92.6 Å². The van der Waals surface area contributed by atoms with Crippen molar-refractivity contribution in [2.75, 3.05) is 12.4 Å². The summed E-state index contributed by atoms with van der Waals surface area (Å²) < 4.78 is 0. The number of halogens is 1. The summed E-state index contributed by atoms with van der Waals surface area (Å²) in [6.07, 6.45) is 11.0. The summed E-state index contributed by atoms with van der Waals surface area (Å²) >= 11 is 6.11. The van der Waals surface area contributed by atoms with Crippen LogP contribution in [0.5, 0.6) is 0 Å². The van der Waals surface area contributed by atoms with Crippen LogP contribution in [0, 0.1) is 5.92 Å². The van der Waals surface area contributed by atoms with E-state index in [0.29, 0.717) is 5.54 Å². The summed E-state index contributed by atoms with van der Waals surface area (Å²) in [5, 5.41) is 3.72. The summed E-state index contributed by atoms with van der Waals surface area (Å²) in [6.45, 7) is 1.19. The van der Waals surface area contributed by atoms with Crippen LogP contribution < -0.4 is 5.32 Å². The molecule has 2 fully saturated rings. The third kappa shape index (κ3) is 2.87. The van der Waals surface area contributed by atoms with Crippen molar-refractivity contribution in [1.29, 1.82) is 0 Å². The van der Waals surface area contributed by atoms with Crippen molar-refractivity contribution in [2.24, 2.45) is 5.92 Å². The van der Waals surface area contributed by atoms with Crippen molar-refractivity contribution in [3.8, 4) is 0 Å². The van der Waals surface area contributed by atoms with Crippen LogP contribution in [0.3, 0.4) is 0 Å². The molecule has 14 heavy (non-hydrogen) atoms. The standard InChI is InChI=1S/C12H22ClN/c13-10-12(7-2-1-3-8-12)14-9-6-11-4-5-11/h11,14H,1-10H2. The Morgan fingerprint density at radius 2 is 1.86 bits per heavy atom. The summed E-state index contributed by atoms with van der Waals surface area (Å²) in [7, 11) is 0. The third-order valence-corrected chi connectivity index (χ3v) is 4.33. The molecule has 0 atom stereocenters. The van der Waals surface area contributed by atoms with Crippen LogP contribution in [0.25, 0.3) is 0 Å². The van der Waals surface area contributed by atoms with E-state index in [9.17, 15) is 0 Å². The van der Waals surface area contributed by atoms with E-state index >= 15 is 0 Å². The van der Waals surface area contributed by atoms with Crippen molar-refractivity contribution in [3.05, 3.63) is 0 Å². The molecule has 2 aliphatic rings. The molecule has 0 aromatic carbocycles. The number of alkyl halides is 1. The molecule has 2 saturated carbocycles. The van der Waals surface area contributed by atoms with Gasteiger partial charge >= 0.3 is 0 Å². The van der Waals surface area contributed by atoms with Gasteiger partial charge in [-0.1, -0.05) is 32.1 Å². The van der Waals surface area contributed by atoms with E-state index in [1.54, 1.807) is 0 Å². The smallest absolute Gasteiger partial charge is 0.0406 e. The van der Waals surface area contributed by atoms with E-state index in [2.05, 4.69) is 5.32 Å². The molecule has 0 aromatic heterocycles. The highest BCUT2D eigenvalue weighted by atomic mass is 35.5. The molecule has 0 unspecified atom stereocenters. The molecule has 82 valence electrons. The number of rotatable bonds is 5. The van der Waals surface area contributed by atoms with Crippen LogP contribution in [-0.4, -0.2) is 18.0 Å². The van der Waals surface area contributed by atoms with E-state index < -0.39 is 0 Å². The monoisotopic (exact) mass is 215 g/mol. The van der Waals surface area contributed by atoms with Gasteiger partial charge in [-0.25, -0.2) is 0 Å². The largest absolute Gasteiger partial charge is 0.310 e. The molecule has 0 heterocycles. The van der Waals surface area contributed by atoms with Gasteiger partial charge in [-0.15, -0.1) is 11.6 Å². The van der Waals surface area contributed by atoms with Gasteiger partial charge in [0.25, 0.3) is 0 Å². The molecule has 2 rings (SSSR count). The first kappa shape index (κ1) is 10.8. The molecule has 0 aromatic rings. The van der Waals surface area contributed by atoms with Crippen LogP contribution in [0.1, 0.15) is 51.4 Å². The second-order valence-electron chi connectivity index (χ2n) is 5.13. The van der Waals surface area contributed by atoms with Crippen molar-refractivity contribution < 1.29 is 0 Å². The highest BCUT2D eigenvalue weighted by Gasteiger charge is 2.31. The molecule has 0 bridgehead atoms. The van der Waals surface area contributed by atoms with Crippen LogP contribution in [0.15, 0.2) is 0 Å². The zero-order chi connectivity index (χ0) is 9.86. The lowest BCUT2D eigenvalue weighted by Crippen LogP contribution is -2.48. The molecule has 0 amide bonds. The molecule has 1 nitrogen and oxygen atoms in total. The van der Waals surface area contributed by atoms with Gasteiger partial charge in [-0.3, -0.25) is 0 Å². The topological polar surface area (TPSA) is 12.0 Å². The van der Waals surface area contributed by atoms with E-state index in [0.717, 1.165) is 11.8 Å². The van der Waals surface area contributed by atoms with Gasteiger partial charge in [-0.05, 0) is 31.7 Å². The zero-order valence-corrected chi connectivity index (χ0v) is 9.78. The highest BCUT2D eigenvalue weighted by molar-refractivity contribution is 6.18. The third-order valence-electron chi connectivity index (χ3n) is 3.82. The number of hydrogen-bond donors (Lipinski definition) is 1. The normalized spacial score (nSPS) is 26.4. The number of nitrogens with one attached hydrogen (secondary N) is 1. The fraction of sp³-hybridized carbons (Fsp3) is 1.00. The van der Waals surface area contributed by atoms with Crippen LogP contribution in [0.2, 0.25) is 0 Å². The molecular formula is C12H22ClN. The maximum Gasteiger partial charge on any atom is 0.0406 e. The van der Waals surface area contributed by atoms with E-state index in [1.807, 2.05) is 0 Å². The van der Waals surface area contributed by atoms with Gasteiger partial charge in [-0.2, -0.15) is 0 Å². The fourth-order valence-corrected chi connectivity index (χ4v) is 2.90. The quantitative estimate of drug-likeness (QED) is 0.694. The van der Waals surface area contributed by atoms with Crippen LogP contribution in [0.4, 0.5) is 0 Å². The Morgan fingerprint density at radius 3 is 2.43 bits per heavy atom. The SMILES string of the molecule is ClCC1(NCCC2CC2)CCCCC1. The minimum Gasteiger partial charge on any atom is -0.310 e. The second-order valence-corrected chi connectivity index (χ2v) is 5.40. The Kier molecular flexibility index (Phi) is 3.73. The Morgan fingerprint density at radius 1 is 1.14 bits per heavy atom. The maximum atomic E-state index is 6.11. The Bertz CT molecular complexity index is 171. The molecule has 1 N–H and O–H groups in total. The average molecular weight is 216 g/mol. The van der Waals surface area contributed by atoms with Gasteiger partial charge in [0, 0.05) is 11.4 Å². The van der Waals surface area contributed by atoms with E-state index in [4.69, 9.17) is 11.6 Å².